The van der Waals surface area contributed by atoms with Crippen molar-refractivity contribution >= 4 is 0 Å². The van der Waals surface area contributed by atoms with Crippen LogP contribution in [0.2, 0.25) is 0 Å². The SMILES string of the molecule is CCOC(C)(C)c1noc(C(C)CCCN)n1. The van der Waals surface area contributed by atoms with Gasteiger partial charge in [0.1, 0.15) is 5.60 Å². The Morgan fingerprint density at radius 1 is 1.47 bits per heavy atom. The van der Waals surface area contributed by atoms with E-state index < -0.39 is 5.60 Å². The van der Waals surface area contributed by atoms with E-state index in [0.29, 0.717) is 24.9 Å². The number of nitrogens with zero attached hydrogens (tertiary/aromatic N) is 2. The molecule has 0 aliphatic rings. The van der Waals surface area contributed by atoms with Gasteiger partial charge in [0.05, 0.1) is 0 Å². The van der Waals surface area contributed by atoms with Crippen molar-refractivity contribution in [2.24, 2.45) is 5.73 Å². The Labute approximate surface area is 103 Å². The van der Waals surface area contributed by atoms with Crippen molar-refractivity contribution in [1.82, 2.24) is 10.1 Å². The van der Waals surface area contributed by atoms with Crippen molar-refractivity contribution in [1.29, 1.82) is 0 Å². The van der Waals surface area contributed by atoms with Gasteiger partial charge in [-0.3, -0.25) is 0 Å². The molecule has 5 nitrogen and oxygen atoms in total. The van der Waals surface area contributed by atoms with Gasteiger partial charge in [0, 0.05) is 12.5 Å². The average molecular weight is 241 g/mol. The van der Waals surface area contributed by atoms with Crippen LogP contribution in [0.25, 0.3) is 0 Å². The van der Waals surface area contributed by atoms with Crippen LogP contribution in [0.15, 0.2) is 4.52 Å². The lowest BCUT2D eigenvalue weighted by molar-refractivity contribution is -0.0221. The van der Waals surface area contributed by atoms with Crippen molar-refractivity contribution in [3.8, 4) is 0 Å². The van der Waals surface area contributed by atoms with E-state index in [4.69, 9.17) is 15.0 Å². The summed E-state index contributed by atoms with van der Waals surface area (Å²) in [5.74, 6) is 1.52. The minimum Gasteiger partial charge on any atom is -0.368 e. The first kappa shape index (κ1) is 14.1. The molecule has 1 aromatic rings. The van der Waals surface area contributed by atoms with Crippen molar-refractivity contribution in [2.75, 3.05) is 13.2 Å². The minimum atomic E-state index is -0.496. The minimum absolute atomic E-state index is 0.247. The summed E-state index contributed by atoms with van der Waals surface area (Å²) in [6, 6.07) is 0. The zero-order chi connectivity index (χ0) is 12.9. The lowest BCUT2D eigenvalue weighted by Gasteiger charge is -2.19. The van der Waals surface area contributed by atoms with E-state index in [0.717, 1.165) is 12.8 Å². The summed E-state index contributed by atoms with van der Waals surface area (Å²) in [7, 11) is 0. The Bertz CT molecular complexity index is 336. The molecule has 98 valence electrons. The van der Waals surface area contributed by atoms with E-state index >= 15 is 0 Å². The van der Waals surface area contributed by atoms with Crippen LogP contribution < -0.4 is 5.73 Å². The highest BCUT2D eigenvalue weighted by atomic mass is 16.5. The summed E-state index contributed by atoms with van der Waals surface area (Å²) in [5.41, 5.74) is 4.99. The second kappa shape index (κ2) is 6.12. The Morgan fingerprint density at radius 3 is 2.76 bits per heavy atom. The normalized spacial score (nSPS) is 13.9. The molecule has 5 heteroatoms. The second-order valence-corrected chi connectivity index (χ2v) is 4.73. The molecule has 0 amide bonds. The maximum absolute atomic E-state index is 5.58. The smallest absolute Gasteiger partial charge is 0.229 e. The molecular weight excluding hydrogens is 218 g/mol. The third-order valence-electron chi connectivity index (χ3n) is 2.75. The fraction of sp³-hybridized carbons (Fsp3) is 0.833. The maximum Gasteiger partial charge on any atom is 0.229 e. The zero-order valence-electron chi connectivity index (χ0n) is 11.2. The molecular formula is C12H23N3O2. The standard InChI is InChI=1S/C12H23N3O2/c1-5-16-12(3,4)11-14-10(17-15-11)9(2)7-6-8-13/h9H,5-8,13H2,1-4H3. The van der Waals surface area contributed by atoms with Gasteiger partial charge in [0.2, 0.25) is 11.7 Å². The molecule has 0 aliphatic carbocycles. The van der Waals surface area contributed by atoms with Gasteiger partial charge in [0.25, 0.3) is 0 Å². The van der Waals surface area contributed by atoms with Gasteiger partial charge in [-0.2, -0.15) is 4.98 Å². The summed E-state index contributed by atoms with van der Waals surface area (Å²) in [5, 5.41) is 3.99. The third-order valence-corrected chi connectivity index (χ3v) is 2.75. The van der Waals surface area contributed by atoms with Gasteiger partial charge < -0.3 is 15.0 Å². The highest BCUT2D eigenvalue weighted by Gasteiger charge is 2.28. The molecule has 0 spiro atoms. The van der Waals surface area contributed by atoms with Crippen molar-refractivity contribution in [3.63, 3.8) is 0 Å². The monoisotopic (exact) mass is 241 g/mol. The van der Waals surface area contributed by atoms with E-state index in [1.807, 2.05) is 20.8 Å². The molecule has 2 N–H and O–H groups in total. The average Bonchev–Trinajstić information content (AvgIpc) is 2.75. The molecule has 0 bridgehead atoms. The summed E-state index contributed by atoms with van der Waals surface area (Å²) >= 11 is 0. The van der Waals surface area contributed by atoms with Gasteiger partial charge in [-0.1, -0.05) is 12.1 Å². The predicted octanol–water partition coefficient (Wildman–Crippen LogP) is 2.18. The second-order valence-electron chi connectivity index (χ2n) is 4.73. The lowest BCUT2D eigenvalue weighted by Crippen LogP contribution is -2.23. The summed E-state index contributed by atoms with van der Waals surface area (Å²) in [6.07, 6.45) is 1.93. The van der Waals surface area contributed by atoms with Gasteiger partial charge in [-0.25, -0.2) is 0 Å². The Hall–Kier alpha value is -0.940. The molecule has 1 atom stereocenters. The first-order chi connectivity index (χ1) is 8.01. The predicted molar refractivity (Wildman–Crippen MR) is 65.7 cm³/mol. The van der Waals surface area contributed by atoms with Crippen LogP contribution in [-0.4, -0.2) is 23.3 Å². The number of rotatable bonds is 7. The lowest BCUT2D eigenvalue weighted by atomic mass is 10.1. The number of nitrogens with two attached hydrogens (primary N) is 1. The molecule has 1 unspecified atom stereocenters. The van der Waals surface area contributed by atoms with Gasteiger partial charge >= 0.3 is 0 Å². The van der Waals surface area contributed by atoms with E-state index in [2.05, 4.69) is 17.1 Å². The molecule has 1 rings (SSSR count). The maximum atomic E-state index is 5.58. The topological polar surface area (TPSA) is 74.2 Å². The number of ether oxygens (including phenoxy) is 1. The number of hydrogen-bond donors (Lipinski definition) is 1. The number of aromatic nitrogens is 2. The van der Waals surface area contributed by atoms with Crippen LogP contribution in [0.1, 0.15) is 58.2 Å². The Morgan fingerprint density at radius 2 is 2.18 bits per heavy atom. The Balaban J connectivity index is 2.70. The van der Waals surface area contributed by atoms with Crippen LogP contribution in [0.4, 0.5) is 0 Å². The summed E-state index contributed by atoms with van der Waals surface area (Å²) in [4.78, 5) is 4.41. The third kappa shape index (κ3) is 3.78. The molecule has 17 heavy (non-hydrogen) atoms. The molecule has 0 aliphatic heterocycles. The van der Waals surface area contributed by atoms with Crippen molar-refractivity contribution in [2.45, 2.75) is 52.1 Å². The first-order valence-electron chi connectivity index (χ1n) is 6.19. The van der Waals surface area contributed by atoms with Gasteiger partial charge in [0.15, 0.2) is 0 Å². The molecule has 0 saturated heterocycles. The molecule has 0 fully saturated rings. The number of hydrogen-bond acceptors (Lipinski definition) is 5. The highest BCUT2D eigenvalue weighted by Crippen LogP contribution is 2.25. The van der Waals surface area contributed by atoms with Gasteiger partial charge in [-0.05, 0) is 40.2 Å². The molecule has 0 saturated carbocycles. The van der Waals surface area contributed by atoms with Gasteiger partial charge in [-0.15, -0.1) is 0 Å². The van der Waals surface area contributed by atoms with Crippen LogP contribution >= 0.6 is 0 Å². The zero-order valence-corrected chi connectivity index (χ0v) is 11.2. The van der Waals surface area contributed by atoms with Crippen molar-refractivity contribution in [3.05, 3.63) is 11.7 Å². The van der Waals surface area contributed by atoms with E-state index in [1.54, 1.807) is 0 Å². The fourth-order valence-corrected chi connectivity index (χ4v) is 1.65. The van der Waals surface area contributed by atoms with E-state index in [-0.39, 0.29) is 5.92 Å². The van der Waals surface area contributed by atoms with E-state index in [9.17, 15) is 0 Å². The van der Waals surface area contributed by atoms with Crippen LogP contribution in [-0.2, 0) is 10.3 Å². The summed E-state index contributed by atoms with van der Waals surface area (Å²) in [6.45, 7) is 9.22. The van der Waals surface area contributed by atoms with Crippen molar-refractivity contribution < 1.29 is 9.26 Å². The Kier molecular flexibility index (Phi) is 5.08. The molecule has 1 aromatic heterocycles. The first-order valence-corrected chi connectivity index (χ1v) is 6.19. The molecule has 1 heterocycles. The molecule has 0 radical (unpaired) electrons. The highest BCUT2D eigenvalue weighted by molar-refractivity contribution is 4.99. The summed E-state index contributed by atoms with van der Waals surface area (Å²) < 4.78 is 10.9. The van der Waals surface area contributed by atoms with Crippen LogP contribution in [0, 0.1) is 0 Å². The van der Waals surface area contributed by atoms with E-state index in [1.165, 1.54) is 0 Å². The van der Waals surface area contributed by atoms with Crippen LogP contribution in [0.5, 0.6) is 0 Å². The quantitative estimate of drug-likeness (QED) is 0.792. The van der Waals surface area contributed by atoms with Crippen LogP contribution in [0.3, 0.4) is 0 Å². The molecule has 0 aromatic carbocycles. The fourth-order valence-electron chi connectivity index (χ4n) is 1.65. The largest absolute Gasteiger partial charge is 0.368 e.